The van der Waals surface area contributed by atoms with Gasteiger partial charge in [0.1, 0.15) is 0 Å². The summed E-state index contributed by atoms with van der Waals surface area (Å²) in [6.07, 6.45) is 2.77. The first kappa shape index (κ1) is 19.6. The van der Waals surface area contributed by atoms with E-state index in [2.05, 4.69) is 87.8 Å². The molecule has 0 aliphatic heterocycles. The summed E-state index contributed by atoms with van der Waals surface area (Å²) < 4.78 is 0. The van der Waals surface area contributed by atoms with Crippen molar-refractivity contribution in [1.82, 2.24) is 0 Å². The van der Waals surface area contributed by atoms with Crippen LogP contribution in [-0.4, -0.2) is 16.1 Å². The van der Waals surface area contributed by atoms with E-state index >= 15 is 0 Å². The number of fused-ring (bicyclic) bond motifs is 13. The van der Waals surface area contributed by atoms with Gasteiger partial charge in [-0.1, -0.05) is 86.1 Å². The van der Waals surface area contributed by atoms with Gasteiger partial charge in [0.15, 0.2) is 0 Å². The van der Waals surface area contributed by atoms with Crippen molar-refractivity contribution in [3.8, 4) is 22.3 Å². The van der Waals surface area contributed by atoms with Gasteiger partial charge in [-0.05, 0) is 93.2 Å². The highest BCUT2D eigenvalue weighted by molar-refractivity contribution is 6.98. The fourth-order valence-electron chi connectivity index (χ4n) is 7.61. The molecule has 1 fully saturated rings. The average Bonchev–Trinajstić information content (AvgIpc) is 2.71. The zero-order valence-electron chi connectivity index (χ0n) is 20.3. The van der Waals surface area contributed by atoms with Crippen LogP contribution in [0.2, 0.25) is 39.3 Å². The molecule has 0 bridgehead atoms. The van der Waals surface area contributed by atoms with E-state index in [-0.39, 0.29) is 0 Å². The number of rotatable bonds is 2. The van der Waals surface area contributed by atoms with Crippen LogP contribution in [0.4, 0.5) is 0 Å². The highest BCUT2D eigenvalue weighted by atomic mass is 28.3. The van der Waals surface area contributed by atoms with Gasteiger partial charge in [-0.2, -0.15) is 0 Å². The monoisotopic (exact) mass is 450 g/mol. The van der Waals surface area contributed by atoms with Gasteiger partial charge in [0.05, 0.1) is 16.1 Å². The average molecular weight is 451 g/mol. The Morgan fingerprint density at radius 1 is 0.531 bits per heavy atom. The van der Waals surface area contributed by atoms with Crippen molar-refractivity contribution < 1.29 is 0 Å². The largest absolute Gasteiger partial charge is 0.0774 e. The summed E-state index contributed by atoms with van der Waals surface area (Å²) in [5.41, 5.74) is 12.9. The fourth-order valence-corrected chi connectivity index (χ4v) is 12.8. The van der Waals surface area contributed by atoms with E-state index < -0.39 is 16.1 Å². The molecule has 0 saturated heterocycles. The first-order chi connectivity index (χ1) is 15.1. The zero-order valence-corrected chi connectivity index (χ0v) is 22.3. The number of benzene rings is 3. The van der Waals surface area contributed by atoms with Crippen LogP contribution in [0, 0.1) is 0 Å². The molecule has 1 saturated carbocycles. The topological polar surface area (TPSA) is 0 Å². The van der Waals surface area contributed by atoms with E-state index in [1.54, 1.807) is 54.9 Å². The Labute approximate surface area is 195 Å². The van der Waals surface area contributed by atoms with E-state index in [4.69, 9.17) is 0 Å². The van der Waals surface area contributed by atoms with Crippen molar-refractivity contribution in [3.05, 3.63) is 70.8 Å². The molecule has 0 amide bonds. The molecule has 162 valence electrons. The maximum atomic E-state index is 2.63. The summed E-state index contributed by atoms with van der Waals surface area (Å²) in [7, 11) is -2.76. The molecule has 0 aromatic heterocycles. The SMILES string of the molecule is C[Si](C)(C)c1cc2c(cc1[Si](C)(C)C)-c1cc3c(cc1-2)[C@@H]1[C@@H]2c4ccccc4[C@@H]2CC[C@H]31. The van der Waals surface area contributed by atoms with Gasteiger partial charge in [-0.25, -0.2) is 0 Å². The Hall–Kier alpha value is -1.91. The molecule has 4 aliphatic carbocycles. The molecular weight excluding hydrogens is 417 g/mol. The molecule has 0 heterocycles. The Morgan fingerprint density at radius 3 is 1.53 bits per heavy atom. The highest BCUT2D eigenvalue weighted by Gasteiger charge is 2.54. The molecule has 0 spiro atoms. The Morgan fingerprint density at radius 2 is 0.969 bits per heavy atom. The Kier molecular flexibility index (Phi) is 3.64. The van der Waals surface area contributed by atoms with Crippen LogP contribution < -0.4 is 10.4 Å². The second-order valence-electron chi connectivity index (χ2n) is 12.9. The van der Waals surface area contributed by atoms with Gasteiger partial charge >= 0.3 is 0 Å². The third-order valence-corrected chi connectivity index (χ3v) is 13.4. The summed E-state index contributed by atoms with van der Waals surface area (Å²) in [5, 5.41) is 3.43. The van der Waals surface area contributed by atoms with E-state index in [1.807, 2.05) is 0 Å². The van der Waals surface area contributed by atoms with Crippen molar-refractivity contribution in [2.45, 2.75) is 75.8 Å². The van der Waals surface area contributed by atoms with Gasteiger partial charge in [0, 0.05) is 0 Å². The van der Waals surface area contributed by atoms with Crippen LogP contribution in [0.25, 0.3) is 22.3 Å². The smallest absolute Gasteiger partial charge is 0.0656 e. The Balaban J connectivity index is 1.34. The van der Waals surface area contributed by atoms with Crippen LogP contribution in [0.1, 0.15) is 58.8 Å². The summed E-state index contributed by atoms with van der Waals surface area (Å²) in [6, 6.07) is 19.8. The summed E-state index contributed by atoms with van der Waals surface area (Å²) in [4.78, 5) is 0. The third kappa shape index (κ3) is 2.33. The molecule has 7 rings (SSSR count). The third-order valence-electron chi connectivity index (χ3n) is 9.13. The molecule has 0 N–H and O–H groups in total. The summed E-state index contributed by atoms with van der Waals surface area (Å²) in [5.74, 6) is 3.16. The lowest BCUT2D eigenvalue weighted by Gasteiger charge is -2.57. The van der Waals surface area contributed by atoms with Crippen LogP contribution in [0.3, 0.4) is 0 Å². The maximum absolute atomic E-state index is 2.63. The predicted molar refractivity (Wildman–Crippen MR) is 143 cm³/mol. The second kappa shape index (κ2) is 5.96. The molecule has 2 heteroatoms. The standard InChI is InChI=1S/C30H34Si2/c1-31(2,3)27-15-24-22-13-21-20-12-11-19-17-9-7-8-10-18(17)29(19)30(20)26(21)14-23(22)25(24)16-28(27)32(4,5)6/h7-10,13-16,19-20,29-30H,11-12H2,1-6H3/t19-,20+,29+,30+/m0/s1. The van der Waals surface area contributed by atoms with E-state index in [1.165, 1.54) is 12.8 Å². The molecule has 0 nitrogen and oxygen atoms in total. The molecule has 0 unspecified atom stereocenters. The molecular formula is C30H34Si2. The summed E-state index contributed by atoms with van der Waals surface area (Å²) >= 11 is 0. The normalized spacial score (nSPS) is 26.2. The fraction of sp³-hybridized carbons (Fsp3) is 0.400. The van der Waals surface area contributed by atoms with Crippen molar-refractivity contribution in [2.75, 3.05) is 0 Å². The van der Waals surface area contributed by atoms with Gasteiger partial charge in [-0.3, -0.25) is 0 Å². The first-order valence-electron chi connectivity index (χ1n) is 12.6. The van der Waals surface area contributed by atoms with Crippen LogP contribution in [-0.2, 0) is 0 Å². The highest BCUT2D eigenvalue weighted by Crippen LogP contribution is 2.70. The number of hydrogen-bond acceptors (Lipinski definition) is 0. The van der Waals surface area contributed by atoms with Crippen LogP contribution >= 0.6 is 0 Å². The lowest BCUT2D eigenvalue weighted by atomic mass is 9.46. The molecule has 3 aromatic rings. The number of hydrogen-bond donors (Lipinski definition) is 0. The van der Waals surface area contributed by atoms with Crippen LogP contribution in [0.5, 0.6) is 0 Å². The van der Waals surface area contributed by atoms with E-state index in [0.717, 1.165) is 23.7 Å². The lowest BCUT2D eigenvalue weighted by molar-refractivity contribution is 0.235. The Bertz CT molecular complexity index is 1320. The minimum atomic E-state index is -1.38. The van der Waals surface area contributed by atoms with E-state index in [0.29, 0.717) is 0 Å². The molecule has 3 aromatic carbocycles. The van der Waals surface area contributed by atoms with E-state index in [9.17, 15) is 0 Å². The molecule has 32 heavy (non-hydrogen) atoms. The zero-order chi connectivity index (χ0) is 22.2. The van der Waals surface area contributed by atoms with Gasteiger partial charge in [0.25, 0.3) is 0 Å². The second-order valence-corrected chi connectivity index (χ2v) is 23.0. The molecule has 4 aliphatic rings. The molecule has 4 atom stereocenters. The van der Waals surface area contributed by atoms with Crippen LogP contribution in [0.15, 0.2) is 48.5 Å². The van der Waals surface area contributed by atoms with Gasteiger partial charge < -0.3 is 0 Å². The van der Waals surface area contributed by atoms with Crippen molar-refractivity contribution >= 4 is 26.5 Å². The van der Waals surface area contributed by atoms with Crippen molar-refractivity contribution in [1.29, 1.82) is 0 Å². The minimum absolute atomic E-state index is 0.769. The lowest BCUT2D eigenvalue weighted by Crippen LogP contribution is -2.56. The molecule has 0 radical (unpaired) electrons. The maximum Gasteiger partial charge on any atom is 0.0774 e. The van der Waals surface area contributed by atoms with Crippen molar-refractivity contribution in [2.24, 2.45) is 0 Å². The predicted octanol–water partition coefficient (Wildman–Crippen LogP) is 7.28. The summed E-state index contributed by atoms with van der Waals surface area (Å²) in [6.45, 7) is 15.1. The van der Waals surface area contributed by atoms with Gasteiger partial charge in [0.2, 0.25) is 0 Å². The quantitative estimate of drug-likeness (QED) is 0.281. The van der Waals surface area contributed by atoms with Crippen molar-refractivity contribution in [3.63, 3.8) is 0 Å². The first-order valence-corrected chi connectivity index (χ1v) is 19.6. The minimum Gasteiger partial charge on any atom is -0.0656 e. The van der Waals surface area contributed by atoms with Gasteiger partial charge in [-0.15, -0.1) is 0 Å².